The van der Waals surface area contributed by atoms with Crippen molar-refractivity contribution in [1.82, 2.24) is 4.90 Å². The lowest BCUT2D eigenvalue weighted by molar-refractivity contribution is -0.146. The molecule has 1 unspecified atom stereocenters. The molecule has 0 saturated heterocycles. The van der Waals surface area contributed by atoms with Crippen LogP contribution in [0.2, 0.25) is 5.02 Å². The highest BCUT2D eigenvalue weighted by Crippen LogP contribution is 2.30. The third-order valence-electron chi connectivity index (χ3n) is 2.32. The molecule has 0 bridgehead atoms. The summed E-state index contributed by atoms with van der Waals surface area (Å²) in [6.07, 6.45) is 0.520. The van der Waals surface area contributed by atoms with Gasteiger partial charge in [0.15, 0.2) is 6.04 Å². The molecule has 0 spiro atoms. The van der Waals surface area contributed by atoms with Crippen molar-refractivity contribution in [2.45, 2.75) is 13.0 Å². The van der Waals surface area contributed by atoms with Crippen molar-refractivity contribution in [2.24, 2.45) is 0 Å². The van der Waals surface area contributed by atoms with Gasteiger partial charge >= 0.3 is 5.97 Å². The molecular weight excluding hydrogens is 309 g/mol. The molecule has 1 amide bonds. The van der Waals surface area contributed by atoms with Gasteiger partial charge in [-0.15, -0.1) is 0 Å². The highest BCUT2D eigenvalue weighted by atomic mass is 79.9. The summed E-state index contributed by atoms with van der Waals surface area (Å²) < 4.78 is 0.606. The van der Waals surface area contributed by atoms with Crippen LogP contribution in [0.1, 0.15) is 18.5 Å². The Hall–Kier alpha value is -1.07. The number of hydrogen-bond donors (Lipinski definition) is 1. The molecule has 1 aromatic carbocycles. The van der Waals surface area contributed by atoms with Crippen LogP contribution >= 0.6 is 27.5 Å². The third-order valence-corrected chi connectivity index (χ3v) is 3.28. The summed E-state index contributed by atoms with van der Waals surface area (Å²) in [6.45, 7) is 2.02. The molecule has 0 heterocycles. The number of hydrogen-bond acceptors (Lipinski definition) is 2. The summed E-state index contributed by atoms with van der Waals surface area (Å²) in [6, 6.07) is 3.80. The molecule has 92 valence electrons. The fourth-order valence-electron chi connectivity index (χ4n) is 1.50. The summed E-state index contributed by atoms with van der Waals surface area (Å²) >= 11 is 9.10. The monoisotopic (exact) mass is 319 g/mol. The van der Waals surface area contributed by atoms with Gasteiger partial charge in [0.1, 0.15) is 0 Å². The van der Waals surface area contributed by atoms with Gasteiger partial charge in [0.25, 0.3) is 0 Å². The minimum Gasteiger partial charge on any atom is -0.479 e. The van der Waals surface area contributed by atoms with Crippen LogP contribution in [0.15, 0.2) is 22.7 Å². The number of amides is 1. The number of aliphatic carboxylic acids is 1. The minimum atomic E-state index is -1.10. The molecule has 0 aliphatic carbocycles. The van der Waals surface area contributed by atoms with Crippen molar-refractivity contribution in [3.05, 3.63) is 33.3 Å². The van der Waals surface area contributed by atoms with E-state index in [1.807, 2.05) is 0 Å². The normalized spacial score (nSPS) is 11.9. The maximum Gasteiger partial charge on any atom is 0.331 e. The zero-order valence-electron chi connectivity index (χ0n) is 9.06. The number of carboxylic acid groups (broad SMARTS) is 1. The molecule has 1 aromatic rings. The predicted octanol–water partition coefficient (Wildman–Crippen LogP) is 2.71. The van der Waals surface area contributed by atoms with Crippen LogP contribution in [-0.2, 0) is 9.59 Å². The molecule has 0 fully saturated rings. The van der Waals surface area contributed by atoms with E-state index in [4.69, 9.17) is 11.6 Å². The topological polar surface area (TPSA) is 57.6 Å². The summed E-state index contributed by atoms with van der Waals surface area (Å²) in [5.41, 5.74) is 0.457. The van der Waals surface area contributed by atoms with E-state index in [1.165, 1.54) is 11.0 Å². The molecule has 0 radical (unpaired) electrons. The molecule has 6 heteroatoms. The van der Waals surface area contributed by atoms with Gasteiger partial charge in [-0.05, 0) is 25.1 Å². The lowest BCUT2D eigenvalue weighted by Crippen LogP contribution is -2.33. The minimum absolute atomic E-state index is 0.305. The van der Waals surface area contributed by atoms with E-state index in [0.717, 1.165) is 0 Å². The van der Waals surface area contributed by atoms with E-state index in [2.05, 4.69) is 15.9 Å². The molecule has 1 N–H and O–H groups in total. The fourth-order valence-corrected chi connectivity index (χ4v) is 2.14. The third kappa shape index (κ3) is 3.20. The number of rotatable bonds is 5. The van der Waals surface area contributed by atoms with Crippen LogP contribution in [0.3, 0.4) is 0 Å². The Bertz CT molecular complexity index is 439. The molecule has 0 aliphatic heterocycles. The molecule has 17 heavy (non-hydrogen) atoms. The van der Waals surface area contributed by atoms with Gasteiger partial charge in [-0.25, -0.2) is 4.79 Å². The lowest BCUT2D eigenvalue weighted by atomic mass is 10.1. The second-order valence-corrected chi connectivity index (χ2v) is 4.63. The number of carboxylic acids is 1. The molecular formula is C11H11BrClNO3. The highest BCUT2D eigenvalue weighted by Gasteiger charge is 2.27. The molecule has 1 atom stereocenters. The van der Waals surface area contributed by atoms with Crippen molar-refractivity contribution < 1.29 is 14.7 Å². The van der Waals surface area contributed by atoms with E-state index in [-0.39, 0.29) is 0 Å². The second-order valence-electron chi connectivity index (χ2n) is 3.34. The van der Waals surface area contributed by atoms with Crippen LogP contribution in [-0.4, -0.2) is 28.9 Å². The summed E-state index contributed by atoms with van der Waals surface area (Å²) in [5, 5.41) is 9.64. The van der Waals surface area contributed by atoms with Gasteiger partial charge in [0.2, 0.25) is 6.41 Å². The first-order valence-corrected chi connectivity index (χ1v) is 6.07. The zero-order valence-corrected chi connectivity index (χ0v) is 11.4. The number of benzene rings is 1. The summed E-state index contributed by atoms with van der Waals surface area (Å²) in [4.78, 5) is 23.3. The Kier molecular flexibility index (Phi) is 4.96. The van der Waals surface area contributed by atoms with Crippen molar-refractivity contribution in [1.29, 1.82) is 0 Å². The predicted molar refractivity (Wildman–Crippen MR) is 68.0 cm³/mol. The Morgan fingerprint density at radius 2 is 2.29 bits per heavy atom. The van der Waals surface area contributed by atoms with Crippen molar-refractivity contribution in [2.75, 3.05) is 6.54 Å². The average molecular weight is 321 g/mol. The van der Waals surface area contributed by atoms with Crippen molar-refractivity contribution >= 4 is 39.9 Å². The molecule has 0 aliphatic rings. The standard InChI is InChI=1S/C11H11BrClNO3/c1-2-14(6-15)10(11(16)17)8-5-7(13)3-4-9(8)12/h3-6,10H,2H2,1H3,(H,16,17). The van der Waals surface area contributed by atoms with Gasteiger partial charge < -0.3 is 10.0 Å². The fraction of sp³-hybridized carbons (Fsp3) is 0.273. The number of nitrogens with zero attached hydrogens (tertiary/aromatic N) is 1. The smallest absolute Gasteiger partial charge is 0.331 e. The van der Waals surface area contributed by atoms with E-state index >= 15 is 0 Å². The van der Waals surface area contributed by atoms with Gasteiger partial charge in [0, 0.05) is 21.6 Å². The van der Waals surface area contributed by atoms with Crippen LogP contribution in [0.5, 0.6) is 0 Å². The first-order chi connectivity index (χ1) is 8.01. The van der Waals surface area contributed by atoms with Crippen LogP contribution in [0, 0.1) is 0 Å². The second kappa shape index (κ2) is 6.02. The van der Waals surface area contributed by atoms with E-state index in [0.29, 0.717) is 28.0 Å². The maximum absolute atomic E-state index is 11.3. The first kappa shape index (κ1) is 14.0. The first-order valence-electron chi connectivity index (χ1n) is 4.90. The highest BCUT2D eigenvalue weighted by molar-refractivity contribution is 9.10. The van der Waals surface area contributed by atoms with Gasteiger partial charge in [-0.2, -0.15) is 0 Å². The molecule has 0 saturated carbocycles. The zero-order chi connectivity index (χ0) is 13.0. The van der Waals surface area contributed by atoms with Crippen molar-refractivity contribution in [3.8, 4) is 0 Å². The van der Waals surface area contributed by atoms with E-state index < -0.39 is 12.0 Å². The van der Waals surface area contributed by atoms with E-state index in [9.17, 15) is 14.7 Å². The maximum atomic E-state index is 11.3. The van der Waals surface area contributed by atoms with Gasteiger partial charge in [0.05, 0.1) is 0 Å². The SMILES string of the molecule is CCN(C=O)C(C(=O)O)c1cc(Cl)ccc1Br. The number of halogens is 2. The number of likely N-dealkylation sites (N-methyl/N-ethyl adjacent to an activating group) is 1. The van der Waals surface area contributed by atoms with E-state index in [1.54, 1.807) is 19.1 Å². The van der Waals surface area contributed by atoms with Crippen LogP contribution in [0.4, 0.5) is 0 Å². The Balaban J connectivity index is 3.26. The lowest BCUT2D eigenvalue weighted by Gasteiger charge is -2.24. The molecule has 4 nitrogen and oxygen atoms in total. The van der Waals surface area contributed by atoms with Gasteiger partial charge in [-0.3, -0.25) is 4.79 Å². The quantitative estimate of drug-likeness (QED) is 0.849. The van der Waals surface area contributed by atoms with Crippen molar-refractivity contribution in [3.63, 3.8) is 0 Å². The summed E-state index contributed by atoms with van der Waals surface area (Å²) in [7, 11) is 0. The summed E-state index contributed by atoms with van der Waals surface area (Å²) in [5.74, 6) is -1.10. The van der Waals surface area contributed by atoms with Gasteiger partial charge in [-0.1, -0.05) is 27.5 Å². The Morgan fingerprint density at radius 1 is 1.65 bits per heavy atom. The average Bonchev–Trinajstić information content (AvgIpc) is 2.29. The molecule has 0 aromatic heterocycles. The number of carbonyl (C=O) groups excluding carboxylic acids is 1. The Labute approximate surface area is 112 Å². The Morgan fingerprint density at radius 3 is 2.76 bits per heavy atom. The number of carbonyl (C=O) groups is 2. The molecule has 1 rings (SSSR count). The largest absolute Gasteiger partial charge is 0.479 e. The van der Waals surface area contributed by atoms with Crippen LogP contribution < -0.4 is 0 Å². The van der Waals surface area contributed by atoms with Crippen LogP contribution in [0.25, 0.3) is 0 Å².